The first-order chi connectivity index (χ1) is 14.6. The SMILES string of the molecule is [2H]CCN(CC[2H])C(=O)[C@@H]1C=C2c3cccc4c3c(cn4CCCN)C[C@H]2N(C)C1. The lowest BCUT2D eigenvalue weighted by Crippen LogP contribution is -2.47. The summed E-state index contributed by atoms with van der Waals surface area (Å²) in [5.41, 5.74) is 10.8. The molecule has 5 heteroatoms. The molecular formula is C23H32N4O. The topological polar surface area (TPSA) is 54.5 Å². The number of hydrogen-bond donors (Lipinski definition) is 1. The van der Waals surface area contributed by atoms with Crippen LogP contribution in [0.1, 0.15) is 34.1 Å². The highest BCUT2D eigenvalue weighted by Gasteiger charge is 2.36. The molecule has 1 aliphatic carbocycles. The quantitative estimate of drug-likeness (QED) is 0.836. The Labute approximate surface area is 170 Å². The smallest absolute Gasteiger partial charge is 0.230 e. The van der Waals surface area contributed by atoms with E-state index in [9.17, 15) is 4.79 Å². The highest BCUT2D eigenvalue weighted by atomic mass is 16.2. The molecule has 2 heterocycles. The number of likely N-dealkylation sites (N-methyl/N-ethyl adjacent to an activating group) is 1. The molecule has 2 atom stereocenters. The predicted octanol–water partition coefficient (Wildman–Crippen LogP) is 2.73. The van der Waals surface area contributed by atoms with Gasteiger partial charge in [-0.2, -0.15) is 0 Å². The molecule has 0 bridgehead atoms. The fourth-order valence-corrected chi connectivity index (χ4v) is 4.80. The predicted molar refractivity (Wildman–Crippen MR) is 115 cm³/mol. The van der Waals surface area contributed by atoms with Gasteiger partial charge in [0, 0.05) is 52.1 Å². The van der Waals surface area contributed by atoms with Gasteiger partial charge in [0.25, 0.3) is 0 Å². The van der Waals surface area contributed by atoms with Crippen LogP contribution in [0.15, 0.2) is 30.5 Å². The van der Waals surface area contributed by atoms with Crippen LogP contribution >= 0.6 is 0 Å². The lowest BCUT2D eigenvalue weighted by atomic mass is 9.79. The molecule has 28 heavy (non-hydrogen) atoms. The van der Waals surface area contributed by atoms with Gasteiger partial charge in [-0.05, 0) is 63.0 Å². The average molecular weight is 383 g/mol. The maximum Gasteiger partial charge on any atom is 0.230 e. The molecule has 1 aromatic heterocycles. The largest absolute Gasteiger partial charge is 0.347 e. The van der Waals surface area contributed by atoms with E-state index < -0.39 is 0 Å². The first-order valence-electron chi connectivity index (χ1n) is 11.6. The number of amides is 1. The van der Waals surface area contributed by atoms with E-state index in [0.29, 0.717) is 26.2 Å². The summed E-state index contributed by atoms with van der Waals surface area (Å²) in [5.74, 6) is -0.179. The summed E-state index contributed by atoms with van der Waals surface area (Å²) in [6, 6.07) is 6.75. The summed E-state index contributed by atoms with van der Waals surface area (Å²) in [7, 11) is 2.10. The summed E-state index contributed by atoms with van der Waals surface area (Å²) in [4.78, 5) is 17.2. The number of fused-ring (bicyclic) bond motifs is 2. The van der Waals surface area contributed by atoms with Gasteiger partial charge in [0.1, 0.15) is 0 Å². The van der Waals surface area contributed by atoms with Gasteiger partial charge in [-0.15, -0.1) is 0 Å². The second kappa shape index (κ2) is 7.72. The molecule has 0 fully saturated rings. The van der Waals surface area contributed by atoms with E-state index in [1.807, 2.05) is 0 Å². The third-order valence-corrected chi connectivity index (χ3v) is 6.24. The van der Waals surface area contributed by atoms with E-state index in [4.69, 9.17) is 8.48 Å². The van der Waals surface area contributed by atoms with Gasteiger partial charge in [0.2, 0.25) is 5.91 Å². The van der Waals surface area contributed by atoms with Crippen molar-refractivity contribution < 1.29 is 7.54 Å². The number of carbonyl (C=O) groups is 1. The Morgan fingerprint density at radius 3 is 2.93 bits per heavy atom. The molecule has 0 unspecified atom stereocenters. The van der Waals surface area contributed by atoms with Crippen molar-refractivity contribution in [3.8, 4) is 0 Å². The van der Waals surface area contributed by atoms with Crippen LogP contribution in [0.5, 0.6) is 0 Å². The van der Waals surface area contributed by atoms with E-state index in [2.05, 4.69) is 47.0 Å². The second-order valence-electron chi connectivity index (χ2n) is 7.90. The van der Waals surface area contributed by atoms with Gasteiger partial charge < -0.3 is 15.2 Å². The number of rotatable bonds is 6. The van der Waals surface area contributed by atoms with Crippen LogP contribution in [0.2, 0.25) is 0 Å². The molecule has 1 amide bonds. The van der Waals surface area contributed by atoms with Crippen molar-refractivity contribution in [1.29, 1.82) is 0 Å². The Kier molecular flexibility index (Phi) is 4.64. The van der Waals surface area contributed by atoms with Crippen molar-refractivity contribution in [2.24, 2.45) is 11.7 Å². The first-order valence-corrected chi connectivity index (χ1v) is 10.2. The Morgan fingerprint density at radius 1 is 1.36 bits per heavy atom. The van der Waals surface area contributed by atoms with Crippen molar-refractivity contribution in [2.75, 3.05) is 33.2 Å². The highest BCUT2D eigenvalue weighted by Crippen LogP contribution is 2.41. The summed E-state index contributed by atoms with van der Waals surface area (Å²) in [5, 5.41) is 1.31. The number of carbonyl (C=O) groups excluding carboxylic acids is 1. The van der Waals surface area contributed by atoms with Crippen LogP contribution in [-0.2, 0) is 17.8 Å². The molecule has 0 spiro atoms. The first kappa shape index (κ1) is 16.8. The third kappa shape index (κ3) is 3.07. The fourth-order valence-electron chi connectivity index (χ4n) is 4.80. The Balaban J connectivity index is 1.73. The van der Waals surface area contributed by atoms with Crippen molar-refractivity contribution in [2.45, 2.75) is 39.2 Å². The maximum absolute atomic E-state index is 13.2. The zero-order valence-electron chi connectivity index (χ0n) is 18.7. The lowest BCUT2D eigenvalue weighted by Gasteiger charge is -2.40. The third-order valence-electron chi connectivity index (χ3n) is 6.24. The van der Waals surface area contributed by atoms with Crippen molar-refractivity contribution in [3.05, 3.63) is 41.6 Å². The van der Waals surface area contributed by atoms with Gasteiger partial charge in [0.15, 0.2) is 0 Å². The fraction of sp³-hybridized carbons (Fsp3) is 0.522. The molecule has 0 saturated heterocycles. The van der Waals surface area contributed by atoms with E-state index in [0.717, 1.165) is 19.4 Å². The van der Waals surface area contributed by atoms with Crippen LogP contribution in [0, 0.1) is 5.92 Å². The molecule has 2 aromatic rings. The average Bonchev–Trinajstić information content (AvgIpc) is 3.11. The van der Waals surface area contributed by atoms with Gasteiger partial charge in [-0.25, -0.2) is 0 Å². The molecule has 0 saturated carbocycles. The Hall–Kier alpha value is -2.11. The standard InChI is InChI=1S/C23H32N4O/c1-4-26(5-2)23(28)17-12-19-18-8-6-9-20-22(18)16(13-21(19)25(3)14-17)15-27(20)11-7-10-24/h6,8-9,12,15,17,21H,4-5,7,10-11,13-14,24H2,1-3H3/t17-,21-/m1/s1/i1D,2D. The minimum atomic E-state index is -0.226. The zero-order chi connectivity index (χ0) is 21.3. The number of nitrogens with two attached hydrogens (primary N) is 1. The molecule has 4 rings (SSSR count). The summed E-state index contributed by atoms with van der Waals surface area (Å²) < 4.78 is 17.4. The van der Waals surface area contributed by atoms with E-state index in [1.165, 1.54) is 27.6 Å². The number of aryl methyl sites for hydroxylation is 1. The molecule has 150 valence electrons. The van der Waals surface area contributed by atoms with Crippen molar-refractivity contribution in [1.82, 2.24) is 14.4 Å². The number of hydrogen-bond acceptors (Lipinski definition) is 3. The summed E-state index contributed by atoms with van der Waals surface area (Å²) >= 11 is 0. The Morgan fingerprint density at radius 2 is 2.18 bits per heavy atom. The van der Waals surface area contributed by atoms with E-state index >= 15 is 0 Å². The van der Waals surface area contributed by atoms with E-state index in [-0.39, 0.29) is 31.7 Å². The van der Waals surface area contributed by atoms with Crippen LogP contribution in [0.3, 0.4) is 0 Å². The van der Waals surface area contributed by atoms with Gasteiger partial charge in [-0.1, -0.05) is 18.2 Å². The summed E-state index contributed by atoms with van der Waals surface area (Å²) in [6.45, 7) is 3.43. The Bertz CT molecular complexity index is 948. The van der Waals surface area contributed by atoms with Gasteiger partial charge >= 0.3 is 0 Å². The van der Waals surface area contributed by atoms with Gasteiger partial charge in [-0.3, -0.25) is 9.69 Å². The summed E-state index contributed by atoms with van der Waals surface area (Å²) in [6.07, 6.45) is 6.37. The van der Waals surface area contributed by atoms with Crippen LogP contribution in [-0.4, -0.2) is 59.5 Å². The van der Waals surface area contributed by atoms with Crippen molar-refractivity contribution in [3.63, 3.8) is 0 Å². The minimum absolute atomic E-state index is 0.0470. The maximum atomic E-state index is 13.2. The van der Waals surface area contributed by atoms with Gasteiger partial charge in [0.05, 0.1) is 5.92 Å². The monoisotopic (exact) mass is 382 g/mol. The van der Waals surface area contributed by atoms with Crippen molar-refractivity contribution >= 4 is 22.4 Å². The number of nitrogens with zero attached hydrogens (tertiary/aromatic N) is 3. The molecule has 5 nitrogen and oxygen atoms in total. The molecule has 2 N–H and O–H groups in total. The minimum Gasteiger partial charge on any atom is -0.347 e. The molecule has 2 aliphatic rings. The van der Waals surface area contributed by atoms with E-state index in [1.54, 1.807) is 4.90 Å². The lowest BCUT2D eigenvalue weighted by molar-refractivity contribution is -0.134. The highest BCUT2D eigenvalue weighted by molar-refractivity contribution is 5.99. The van der Waals surface area contributed by atoms with Crippen LogP contribution in [0.25, 0.3) is 16.5 Å². The van der Waals surface area contributed by atoms with Crippen LogP contribution in [0.4, 0.5) is 0 Å². The normalized spacial score (nSPS) is 22.4. The molecule has 0 radical (unpaired) electrons. The second-order valence-corrected chi connectivity index (χ2v) is 7.90. The van der Waals surface area contributed by atoms with Crippen LogP contribution < -0.4 is 5.73 Å². The molecule has 1 aromatic carbocycles. The molecular weight excluding hydrogens is 348 g/mol. The number of benzene rings is 1. The number of aromatic nitrogens is 1. The molecule has 1 aliphatic heterocycles. The zero-order valence-corrected chi connectivity index (χ0v) is 16.7.